The largest absolute Gasteiger partial charge is 0.309 e. The summed E-state index contributed by atoms with van der Waals surface area (Å²) in [5.74, 6) is 1.92. The average molecular weight is 241 g/mol. The third kappa shape index (κ3) is 4.77. The van der Waals surface area contributed by atoms with Gasteiger partial charge in [0.15, 0.2) is 0 Å². The second-order valence-corrected chi connectivity index (χ2v) is 4.49. The van der Waals surface area contributed by atoms with E-state index in [1.807, 2.05) is 36.3 Å². The first-order valence-electron chi connectivity index (χ1n) is 5.29. The first kappa shape index (κ1) is 12.7. The van der Waals surface area contributed by atoms with Crippen molar-refractivity contribution >= 4 is 34.7 Å². The van der Waals surface area contributed by atoms with Crippen LogP contribution in [0.15, 0.2) is 41.3 Å². The normalized spacial score (nSPS) is 11.5. The summed E-state index contributed by atoms with van der Waals surface area (Å²) in [5, 5.41) is 0.862. The second kappa shape index (κ2) is 6.97. The molecule has 0 atom stereocenters. The molecule has 1 rings (SSSR count). The number of halogens is 2. The Labute approximate surface area is 102 Å². The van der Waals surface area contributed by atoms with Crippen molar-refractivity contribution in [2.45, 2.75) is 26.2 Å². The van der Waals surface area contributed by atoms with Gasteiger partial charge < -0.3 is 0 Å². The highest BCUT2D eigenvalue weighted by Crippen LogP contribution is 2.13. The van der Waals surface area contributed by atoms with Gasteiger partial charge in [-0.25, -0.2) is 0 Å². The number of benzene rings is 1. The van der Waals surface area contributed by atoms with Gasteiger partial charge in [-0.05, 0) is 12.8 Å². The van der Waals surface area contributed by atoms with Crippen molar-refractivity contribution < 1.29 is 0 Å². The van der Waals surface area contributed by atoms with Crippen molar-refractivity contribution in [2.75, 3.05) is 0 Å². The van der Waals surface area contributed by atoms with Gasteiger partial charge in [-0.3, -0.25) is 0 Å². The first-order valence-corrected chi connectivity index (χ1v) is 6.10. The maximum Gasteiger partial charge on any atom is 0.309 e. The molecule has 0 aromatic heterocycles. The standard InChI is InChI=1S/C12H15BCl2/c1-2-3-9-12(14)10-13(15)11-7-5-4-6-8-11/h4-8,10H,2-3,9H2,1H3/b12-10-. The topological polar surface area (TPSA) is 0 Å². The van der Waals surface area contributed by atoms with Crippen LogP contribution in [0, 0.1) is 0 Å². The minimum absolute atomic E-state index is 0.115. The lowest BCUT2D eigenvalue weighted by Crippen LogP contribution is -2.21. The van der Waals surface area contributed by atoms with Crippen molar-refractivity contribution in [3.63, 3.8) is 0 Å². The summed E-state index contributed by atoms with van der Waals surface area (Å²) in [6, 6.07) is 9.98. The maximum atomic E-state index is 6.22. The molecule has 0 heterocycles. The van der Waals surface area contributed by atoms with Crippen LogP contribution < -0.4 is 5.46 Å². The van der Waals surface area contributed by atoms with Crippen LogP contribution in [-0.4, -0.2) is 6.13 Å². The molecule has 1 aromatic carbocycles. The molecule has 0 nitrogen and oxygen atoms in total. The maximum absolute atomic E-state index is 6.22. The van der Waals surface area contributed by atoms with Gasteiger partial charge in [-0.15, -0.1) is 0 Å². The summed E-state index contributed by atoms with van der Waals surface area (Å²) in [5.41, 5.74) is 1.09. The van der Waals surface area contributed by atoms with Gasteiger partial charge >= 0.3 is 6.13 Å². The molecule has 3 heteroatoms. The molecular formula is C12H15BCl2. The summed E-state index contributed by atoms with van der Waals surface area (Å²) in [7, 11) is 0. The summed E-state index contributed by atoms with van der Waals surface area (Å²) >= 11 is 12.3. The molecule has 0 unspecified atom stereocenters. The minimum atomic E-state index is -0.115. The van der Waals surface area contributed by atoms with E-state index in [1.165, 1.54) is 0 Å². The predicted molar refractivity (Wildman–Crippen MR) is 71.1 cm³/mol. The highest BCUT2D eigenvalue weighted by Gasteiger charge is 2.10. The monoisotopic (exact) mass is 240 g/mol. The van der Waals surface area contributed by atoms with Crippen LogP contribution in [0.25, 0.3) is 0 Å². The molecule has 0 radical (unpaired) electrons. The lowest BCUT2D eigenvalue weighted by molar-refractivity contribution is 0.808. The number of allylic oxidation sites excluding steroid dienone is 1. The molecule has 0 spiro atoms. The molecule has 0 bridgehead atoms. The van der Waals surface area contributed by atoms with Gasteiger partial charge in [0.25, 0.3) is 0 Å². The highest BCUT2D eigenvalue weighted by atomic mass is 35.5. The Morgan fingerprint density at radius 2 is 2.00 bits per heavy atom. The molecule has 0 aliphatic carbocycles. The van der Waals surface area contributed by atoms with Crippen molar-refractivity contribution in [1.29, 1.82) is 0 Å². The Morgan fingerprint density at radius 3 is 2.60 bits per heavy atom. The second-order valence-electron chi connectivity index (χ2n) is 3.53. The van der Waals surface area contributed by atoms with E-state index in [0.29, 0.717) is 0 Å². The minimum Gasteiger partial charge on any atom is -0.182 e. The van der Waals surface area contributed by atoms with E-state index >= 15 is 0 Å². The Morgan fingerprint density at radius 1 is 1.33 bits per heavy atom. The van der Waals surface area contributed by atoms with E-state index in [-0.39, 0.29) is 6.13 Å². The van der Waals surface area contributed by atoms with Crippen molar-refractivity contribution in [3.05, 3.63) is 41.3 Å². The Hall–Kier alpha value is -0.395. The van der Waals surface area contributed by atoms with Crippen LogP contribution in [0.5, 0.6) is 0 Å². The molecule has 15 heavy (non-hydrogen) atoms. The van der Waals surface area contributed by atoms with Crippen molar-refractivity contribution in [3.8, 4) is 0 Å². The summed E-state index contributed by atoms with van der Waals surface area (Å²) in [4.78, 5) is 0. The van der Waals surface area contributed by atoms with Gasteiger partial charge in [0, 0.05) is 5.03 Å². The van der Waals surface area contributed by atoms with Crippen LogP contribution in [0.2, 0.25) is 0 Å². The fourth-order valence-electron chi connectivity index (χ4n) is 1.32. The molecule has 0 amide bonds. The van der Waals surface area contributed by atoms with E-state index in [2.05, 4.69) is 6.92 Å². The van der Waals surface area contributed by atoms with Gasteiger partial charge in [0.05, 0.1) is 0 Å². The molecule has 0 fully saturated rings. The fraction of sp³-hybridized carbons (Fsp3) is 0.333. The van der Waals surface area contributed by atoms with Crippen molar-refractivity contribution in [2.24, 2.45) is 0 Å². The van der Waals surface area contributed by atoms with Crippen molar-refractivity contribution in [1.82, 2.24) is 0 Å². The Kier molecular flexibility index (Phi) is 5.89. The molecule has 0 saturated heterocycles. The van der Waals surface area contributed by atoms with Crippen LogP contribution in [0.1, 0.15) is 26.2 Å². The van der Waals surface area contributed by atoms with Gasteiger partial charge in [0.2, 0.25) is 0 Å². The molecule has 0 N–H and O–H groups in total. The Balaban J connectivity index is 2.58. The molecular weight excluding hydrogens is 226 g/mol. The van der Waals surface area contributed by atoms with Crippen LogP contribution in [0.4, 0.5) is 0 Å². The molecule has 0 aliphatic heterocycles. The summed E-state index contributed by atoms with van der Waals surface area (Å²) < 4.78 is 0. The average Bonchev–Trinajstić information content (AvgIpc) is 2.27. The van der Waals surface area contributed by atoms with Crippen LogP contribution in [-0.2, 0) is 0 Å². The highest BCUT2D eigenvalue weighted by molar-refractivity contribution is 7.17. The molecule has 80 valence electrons. The number of hydrogen-bond acceptors (Lipinski definition) is 0. The van der Waals surface area contributed by atoms with E-state index in [0.717, 1.165) is 29.8 Å². The van der Waals surface area contributed by atoms with E-state index in [9.17, 15) is 0 Å². The van der Waals surface area contributed by atoms with Gasteiger partial charge in [-0.1, -0.05) is 66.7 Å². The van der Waals surface area contributed by atoms with E-state index in [1.54, 1.807) is 0 Å². The van der Waals surface area contributed by atoms with Crippen LogP contribution >= 0.6 is 23.1 Å². The van der Waals surface area contributed by atoms with Crippen LogP contribution in [0.3, 0.4) is 0 Å². The summed E-state index contributed by atoms with van der Waals surface area (Å²) in [6.45, 7) is 2.15. The fourth-order valence-corrected chi connectivity index (χ4v) is 1.94. The van der Waals surface area contributed by atoms with Gasteiger partial charge in [0.1, 0.15) is 0 Å². The third-order valence-corrected chi connectivity index (χ3v) is 2.91. The lowest BCUT2D eigenvalue weighted by Gasteiger charge is -2.02. The van der Waals surface area contributed by atoms with E-state index < -0.39 is 0 Å². The number of hydrogen-bond donors (Lipinski definition) is 0. The lowest BCUT2D eigenvalue weighted by atomic mass is 9.68. The smallest absolute Gasteiger partial charge is 0.182 e. The Bertz CT molecular complexity index is 309. The molecule has 1 aromatic rings. The molecule has 0 saturated carbocycles. The third-order valence-electron chi connectivity index (χ3n) is 2.21. The summed E-state index contributed by atoms with van der Waals surface area (Å²) in [6.07, 6.45) is 3.08. The SMILES string of the molecule is CCCC/C(Cl)=C/B(Cl)c1ccccc1. The first-order chi connectivity index (χ1) is 7.24. The quantitative estimate of drug-likeness (QED) is 0.684. The van der Waals surface area contributed by atoms with Gasteiger partial charge in [-0.2, -0.15) is 11.5 Å². The zero-order valence-corrected chi connectivity index (χ0v) is 10.4. The number of rotatable bonds is 5. The molecule has 0 aliphatic rings. The number of unbranched alkanes of at least 4 members (excludes halogenated alkanes) is 1. The van der Waals surface area contributed by atoms with E-state index in [4.69, 9.17) is 23.1 Å². The zero-order valence-electron chi connectivity index (χ0n) is 8.92. The zero-order chi connectivity index (χ0) is 11.1. The predicted octanol–water partition coefficient (Wildman–Crippen LogP) is 3.98.